The van der Waals surface area contributed by atoms with Crippen molar-refractivity contribution in [1.29, 1.82) is 0 Å². The van der Waals surface area contributed by atoms with Gasteiger partial charge in [-0.15, -0.1) is 23.7 Å². The summed E-state index contributed by atoms with van der Waals surface area (Å²) in [6, 6.07) is 1.75. The molecular formula is C18H25ClN4O3S. The van der Waals surface area contributed by atoms with Crippen LogP contribution in [0.1, 0.15) is 50.8 Å². The van der Waals surface area contributed by atoms with Gasteiger partial charge in [0.15, 0.2) is 5.69 Å². The highest BCUT2D eigenvalue weighted by Crippen LogP contribution is 2.37. The van der Waals surface area contributed by atoms with Crippen LogP contribution in [0.15, 0.2) is 6.07 Å². The molecule has 0 saturated carbocycles. The molecule has 7 nitrogen and oxygen atoms in total. The van der Waals surface area contributed by atoms with E-state index in [2.05, 4.69) is 22.2 Å². The summed E-state index contributed by atoms with van der Waals surface area (Å²) in [4.78, 5) is 28.4. The van der Waals surface area contributed by atoms with Crippen molar-refractivity contribution in [3.8, 4) is 0 Å². The van der Waals surface area contributed by atoms with E-state index in [1.807, 2.05) is 13.8 Å². The van der Waals surface area contributed by atoms with E-state index in [0.29, 0.717) is 22.8 Å². The first-order chi connectivity index (χ1) is 12.5. The van der Waals surface area contributed by atoms with Crippen molar-refractivity contribution in [1.82, 2.24) is 14.7 Å². The number of carbonyl (C=O) groups excluding carboxylic acids is 2. The zero-order chi connectivity index (χ0) is 18.8. The number of likely N-dealkylation sites (N-methyl/N-ethyl adjacent to an activating group) is 1. The van der Waals surface area contributed by atoms with E-state index in [4.69, 9.17) is 4.74 Å². The molecule has 0 spiro atoms. The number of nitrogens with one attached hydrogen (secondary N) is 1. The van der Waals surface area contributed by atoms with Crippen molar-refractivity contribution < 1.29 is 14.3 Å². The number of halogens is 1. The van der Waals surface area contributed by atoms with Gasteiger partial charge >= 0.3 is 5.97 Å². The molecule has 0 bridgehead atoms. The lowest BCUT2D eigenvalue weighted by molar-refractivity contribution is 0.0600. The highest BCUT2D eigenvalue weighted by molar-refractivity contribution is 7.17. The molecule has 0 unspecified atom stereocenters. The number of ether oxygens (including phenoxy) is 1. The van der Waals surface area contributed by atoms with Gasteiger partial charge in [-0.25, -0.2) is 4.79 Å². The molecule has 0 aliphatic carbocycles. The number of esters is 1. The van der Waals surface area contributed by atoms with Gasteiger partial charge in [0.05, 0.1) is 12.7 Å². The van der Waals surface area contributed by atoms with Crippen LogP contribution in [0.5, 0.6) is 0 Å². The maximum absolute atomic E-state index is 12.6. The molecule has 3 heterocycles. The number of hydrogen-bond acceptors (Lipinski definition) is 6. The molecule has 1 aliphatic rings. The largest absolute Gasteiger partial charge is 0.465 e. The average Bonchev–Trinajstić information content (AvgIpc) is 3.20. The Kier molecular flexibility index (Phi) is 7.02. The highest BCUT2D eigenvalue weighted by Gasteiger charge is 2.29. The van der Waals surface area contributed by atoms with Gasteiger partial charge in [0.2, 0.25) is 0 Å². The SMILES string of the molecule is CCN1CCc2c(sc(NC(=O)c3cc(C)n(CC)n3)c2C(=O)OC)C1.Cl. The Morgan fingerprint density at radius 2 is 2.07 bits per heavy atom. The number of rotatable bonds is 5. The first-order valence-corrected chi connectivity index (χ1v) is 9.61. The molecule has 1 N–H and O–H groups in total. The Hall–Kier alpha value is -1.90. The summed E-state index contributed by atoms with van der Waals surface area (Å²) in [6.45, 7) is 9.36. The van der Waals surface area contributed by atoms with Crippen LogP contribution in [-0.2, 0) is 24.2 Å². The van der Waals surface area contributed by atoms with E-state index in [1.54, 1.807) is 10.7 Å². The summed E-state index contributed by atoms with van der Waals surface area (Å²) < 4.78 is 6.74. The lowest BCUT2D eigenvalue weighted by atomic mass is 10.0. The minimum Gasteiger partial charge on any atom is -0.465 e. The van der Waals surface area contributed by atoms with Gasteiger partial charge in [-0.05, 0) is 38.4 Å². The number of hydrogen-bond donors (Lipinski definition) is 1. The highest BCUT2D eigenvalue weighted by atomic mass is 35.5. The molecular weight excluding hydrogens is 388 g/mol. The maximum atomic E-state index is 12.6. The summed E-state index contributed by atoms with van der Waals surface area (Å²) in [5, 5.41) is 7.74. The van der Waals surface area contributed by atoms with Crippen molar-refractivity contribution >= 4 is 40.6 Å². The number of aryl methyl sites for hydroxylation is 2. The van der Waals surface area contributed by atoms with Gasteiger partial charge in [0.25, 0.3) is 5.91 Å². The van der Waals surface area contributed by atoms with Gasteiger partial charge in [-0.1, -0.05) is 6.92 Å². The van der Waals surface area contributed by atoms with E-state index in [-0.39, 0.29) is 18.3 Å². The normalized spacial score (nSPS) is 13.6. The molecule has 9 heteroatoms. The molecule has 2 aromatic rings. The Morgan fingerprint density at radius 1 is 1.33 bits per heavy atom. The number of amides is 1. The van der Waals surface area contributed by atoms with Crippen LogP contribution in [-0.4, -0.2) is 46.8 Å². The number of fused-ring (bicyclic) bond motifs is 1. The molecule has 148 valence electrons. The second-order valence-electron chi connectivity index (χ2n) is 6.26. The van der Waals surface area contributed by atoms with Gasteiger partial charge in [-0.3, -0.25) is 14.4 Å². The zero-order valence-electron chi connectivity index (χ0n) is 16.0. The minimum atomic E-state index is -0.405. The van der Waals surface area contributed by atoms with Gasteiger partial charge in [0, 0.05) is 30.2 Å². The van der Waals surface area contributed by atoms with Gasteiger partial charge in [0.1, 0.15) is 5.00 Å². The Labute approximate surface area is 169 Å². The number of anilines is 1. The predicted octanol–water partition coefficient (Wildman–Crippen LogP) is 3.11. The van der Waals surface area contributed by atoms with Crippen molar-refractivity contribution in [2.75, 3.05) is 25.5 Å². The summed E-state index contributed by atoms with van der Waals surface area (Å²) in [6.07, 6.45) is 0.781. The fourth-order valence-electron chi connectivity index (χ4n) is 3.24. The van der Waals surface area contributed by atoms with E-state index in [9.17, 15) is 9.59 Å². The monoisotopic (exact) mass is 412 g/mol. The Bertz CT molecular complexity index is 846. The van der Waals surface area contributed by atoms with Crippen LogP contribution in [0.25, 0.3) is 0 Å². The molecule has 0 saturated heterocycles. The fourth-order valence-corrected chi connectivity index (χ4v) is 4.51. The van der Waals surface area contributed by atoms with Gasteiger partial charge in [-0.2, -0.15) is 5.10 Å². The van der Waals surface area contributed by atoms with Crippen LogP contribution in [0.3, 0.4) is 0 Å². The number of thiophene rings is 1. The third-order valence-electron chi connectivity index (χ3n) is 4.71. The van der Waals surface area contributed by atoms with Crippen LogP contribution < -0.4 is 5.32 Å². The Balaban J connectivity index is 0.00000261. The number of nitrogens with zero attached hydrogens (tertiary/aromatic N) is 3. The lowest BCUT2D eigenvalue weighted by Gasteiger charge is -2.25. The topological polar surface area (TPSA) is 76.5 Å². The quantitative estimate of drug-likeness (QED) is 0.763. The molecule has 1 aliphatic heterocycles. The summed E-state index contributed by atoms with van der Waals surface area (Å²) >= 11 is 1.46. The maximum Gasteiger partial charge on any atom is 0.341 e. The third kappa shape index (κ3) is 4.17. The summed E-state index contributed by atoms with van der Waals surface area (Å²) in [7, 11) is 1.37. The lowest BCUT2D eigenvalue weighted by Crippen LogP contribution is -2.29. The first-order valence-electron chi connectivity index (χ1n) is 8.79. The van der Waals surface area contributed by atoms with Crippen molar-refractivity contribution in [2.45, 2.75) is 40.3 Å². The van der Waals surface area contributed by atoms with E-state index in [0.717, 1.165) is 42.2 Å². The van der Waals surface area contributed by atoms with Crippen LogP contribution >= 0.6 is 23.7 Å². The van der Waals surface area contributed by atoms with Gasteiger partial charge < -0.3 is 10.1 Å². The average molecular weight is 413 g/mol. The number of aromatic nitrogens is 2. The molecule has 0 fully saturated rings. The first kappa shape index (κ1) is 21.4. The molecule has 3 rings (SSSR count). The molecule has 27 heavy (non-hydrogen) atoms. The molecule has 0 atom stereocenters. The van der Waals surface area contributed by atoms with E-state index in [1.165, 1.54) is 18.4 Å². The van der Waals surface area contributed by atoms with Crippen molar-refractivity contribution in [3.05, 3.63) is 33.5 Å². The molecule has 0 radical (unpaired) electrons. The van der Waals surface area contributed by atoms with Crippen LogP contribution in [0.4, 0.5) is 5.00 Å². The van der Waals surface area contributed by atoms with Crippen LogP contribution in [0, 0.1) is 6.92 Å². The smallest absolute Gasteiger partial charge is 0.341 e. The second-order valence-corrected chi connectivity index (χ2v) is 7.36. The number of carbonyl (C=O) groups is 2. The fraction of sp³-hybridized carbons (Fsp3) is 0.500. The summed E-state index contributed by atoms with van der Waals surface area (Å²) in [5.41, 5.74) is 2.76. The standard InChI is InChI=1S/C18H24N4O3S.ClH/c1-5-21-8-7-12-14(10-21)26-17(15(12)18(24)25-4)19-16(23)13-9-11(3)22(6-2)20-13;/h9H,5-8,10H2,1-4H3,(H,19,23);1H. The van der Waals surface area contributed by atoms with E-state index < -0.39 is 5.97 Å². The minimum absolute atomic E-state index is 0. The zero-order valence-corrected chi connectivity index (χ0v) is 17.6. The van der Waals surface area contributed by atoms with E-state index >= 15 is 0 Å². The van der Waals surface area contributed by atoms with Crippen molar-refractivity contribution in [2.24, 2.45) is 0 Å². The molecule has 1 amide bonds. The van der Waals surface area contributed by atoms with Crippen molar-refractivity contribution in [3.63, 3.8) is 0 Å². The summed E-state index contributed by atoms with van der Waals surface area (Å²) in [5.74, 6) is -0.714. The predicted molar refractivity (Wildman–Crippen MR) is 108 cm³/mol. The van der Waals surface area contributed by atoms with Crippen LogP contribution in [0.2, 0.25) is 0 Å². The Morgan fingerprint density at radius 3 is 2.67 bits per heavy atom. The third-order valence-corrected chi connectivity index (χ3v) is 5.85. The number of methoxy groups -OCH3 is 1. The molecule has 0 aromatic carbocycles. The second kappa shape index (κ2) is 8.86. The molecule has 2 aromatic heterocycles.